The van der Waals surface area contributed by atoms with Crippen molar-refractivity contribution < 1.29 is 28.2 Å². The van der Waals surface area contributed by atoms with Gasteiger partial charge in [0.2, 0.25) is 5.78 Å². The third-order valence-electron chi connectivity index (χ3n) is 6.80. The molecular weight excluding hydrogens is 477 g/mol. The lowest BCUT2D eigenvalue weighted by Crippen LogP contribution is -2.30. The summed E-state index contributed by atoms with van der Waals surface area (Å²) in [4.78, 5) is 27.8. The summed E-state index contributed by atoms with van der Waals surface area (Å²) in [6, 6.07) is 8.58. The van der Waals surface area contributed by atoms with E-state index in [4.69, 9.17) is 19.6 Å². The Kier molecular flexibility index (Phi) is 5.81. The van der Waals surface area contributed by atoms with Crippen LogP contribution in [0.25, 0.3) is 5.69 Å². The molecule has 1 N–H and O–H groups in total. The van der Waals surface area contributed by atoms with Crippen molar-refractivity contribution in [1.29, 1.82) is 5.41 Å². The topological polar surface area (TPSA) is 93.9 Å². The van der Waals surface area contributed by atoms with Crippen molar-refractivity contribution in [3.05, 3.63) is 70.3 Å². The number of carbonyl (C=O) groups excluding carboxylic acids is 2. The molecule has 8 nitrogen and oxygen atoms in total. The van der Waals surface area contributed by atoms with Gasteiger partial charge >= 0.3 is 0 Å². The fourth-order valence-corrected chi connectivity index (χ4v) is 4.96. The SMILES string of the molecule is COc1cc2c(c(F)c1OC)C(=N)N(CC(=O)c1ccc3c(c1)-n1ccc(C(C)(C)C)c1C(=O)CO3)C2. The lowest BCUT2D eigenvalue weighted by molar-refractivity contribution is 0.0917. The van der Waals surface area contributed by atoms with Crippen molar-refractivity contribution in [1.82, 2.24) is 9.47 Å². The summed E-state index contributed by atoms with van der Waals surface area (Å²) in [6.07, 6.45) is 1.83. The third kappa shape index (κ3) is 3.94. The highest BCUT2D eigenvalue weighted by Gasteiger charge is 2.34. The van der Waals surface area contributed by atoms with Gasteiger partial charge in [0.1, 0.15) is 11.6 Å². The quantitative estimate of drug-likeness (QED) is 0.512. The Morgan fingerprint density at radius 1 is 1.16 bits per heavy atom. The van der Waals surface area contributed by atoms with Crippen LogP contribution in [0.4, 0.5) is 4.39 Å². The van der Waals surface area contributed by atoms with Crippen molar-refractivity contribution in [2.75, 3.05) is 27.4 Å². The maximum atomic E-state index is 15.1. The maximum absolute atomic E-state index is 15.1. The number of halogens is 1. The van der Waals surface area contributed by atoms with Crippen LogP contribution in [0.5, 0.6) is 17.2 Å². The molecule has 0 saturated carbocycles. The number of benzene rings is 2. The standard InChI is InChI=1S/C28H28FN3O5/c1-28(2,3)17-8-9-32-18-10-15(6-7-21(18)37-14-20(34)25(17)32)19(33)13-31-12-16-11-22(35-4)26(36-5)24(29)23(16)27(31)30/h6-11,30H,12-14H2,1-5H3. The summed E-state index contributed by atoms with van der Waals surface area (Å²) in [5, 5.41) is 8.52. The van der Waals surface area contributed by atoms with Gasteiger partial charge in [-0.25, -0.2) is 4.39 Å². The number of carbonyl (C=O) groups is 2. The van der Waals surface area contributed by atoms with Gasteiger partial charge in [-0.1, -0.05) is 20.8 Å². The molecule has 2 aromatic carbocycles. The summed E-state index contributed by atoms with van der Waals surface area (Å²) >= 11 is 0. The molecule has 1 aromatic heterocycles. The number of Topliss-reactive ketones (excluding diaryl/α,β-unsaturated/α-hetero) is 2. The molecule has 3 aromatic rings. The van der Waals surface area contributed by atoms with Gasteiger partial charge in [0.15, 0.2) is 29.7 Å². The van der Waals surface area contributed by atoms with E-state index in [1.54, 1.807) is 28.8 Å². The number of aromatic nitrogens is 1. The number of ether oxygens (including phenoxy) is 3. The fraction of sp³-hybridized carbons (Fsp3) is 0.321. The van der Waals surface area contributed by atoms with Crippen LogP contribution in [0.3, 0.4) is 0 Å². The first-order valence-electron chi connectivity index (χ1n) is 11.9. The Morgan fingerprint density at radius 2 is 1.92 bits per heavy atom. The first kappa shape index (κ1) is 24.5. The van der Waals surface area contributed by atoms with E-state index in [2.05, 4.69) is 0 Å². The van der Waals surface area contributed by atoms with Crippen LogP contribution >= 0.6 is 0 Å². The Labute approximate surface area is 214 Å². The number of methoxy groups -OCH3 is 2. The van der Waals surface area contributed by atoms with Crippen molar-refractivity contribution in [2.24, 2.45) is 0 Å². The summed E-state index contributed by atoms with van der Waals surface area (Å²) < 4.78 is 33.0. The third-order valence-corrected chi connectivity index (χ3v) is 6.80. The molecular formula is C28H28FN3O5. The molecule has 0 fully saturated rings. The van der Waals surface area contributed by atoms with Gasteiger partial charge in [0, 0.05) is 18.3 Å². The Morgan fingerprint density at radius 3 is 2.59 bits per heavy atom. The highest BCUT2D eigenvalue weighted by atomic mass is 19.1. The van der Waals surface area contributed by atoms with Crippen LogP contribution in [0.2, 0.25) is 0 Å². The van der Waals surface area contributed by atoms with Gasteiger partial charge in [-0.2, -0.15) is 0 Å². The number of hydrogen-bond acceptors (Lipinski definition) is 6. The van der Waals surface area contributed by atoms with Crippen molar-refractivity contribution in [3.63, 3.8) is 0 Å². The second kappa shape index (κ2) is 8.76. The summed E-state index contributed by atoms with van der Waals surface area (Å²) in [7, 11) is 2.75. The zero-order valence-electron chi connectivity index (χ0n) is 21.4. The van der Waals surface area contributed by atoms with Gasteiger partial charge < -0.3 is 23.7 Å². The minimum atomic E-state index is -0.682. The summed E-state index contributed by atoms with van der Waals surface area (Å²) in [5.74, 6) is -0.488. The van der Waals surface area contributed by atoms with Crippen LogP contribution in [-0.4, -0.2) is 54.2 Å². The molecule has 0 atom stereocenters. The molecule has 2 aliphatic rings. The first-order chi connectivity index (χ1) is 17.5. The van der Waals surface area contributed by atoms with Gasteiger partial charge in [0.25, 0.3) is 0 Å². The average molecular weight is 506 g/mol. The lowest BCUT2D eigenvalue weighted by Gasteiger charge is -2.19. The predicted molar refractivity (Wildman–Crippen MR) is 135 cm³/mol. The summed E-state index contributed by atoms with van der Waals surface area (Å²) in [6.45, 7) is 6.10. The van der Waals surface area contributed by atoms with E-state index in [1.807, 2.05) is 33.0 Å². The number of hydrogen-bond donors (Lipinski definition) is 1. The highest BCUT2D eigenvalue weighted by Crippen LogP contribution is 2.39. The van der Waals surface area contributed by atoms with Crippen molar-refractivity contribution >= 4 is 17.4 Å². The molecule has 9 heteroatoms. The number of nitrogens with zero attached hydrogens (tertiary/aromatic N) is 2. The number of nitrogens with one attached hydrogen (secondary N) is 1. The lowest BCUT2D eigenvalue weighted by atomic mass is 9.86. The van der Waals surface area contributed by atoms with E-state index in [9.17, 15) is 9.59 Å². The first-order valence-corrected chi connectivity index (χ1v) is 11.9. The van der Waals surface area contributed by atoms with E-state index in [0.717, 1.165) is 5.56 Å². The van der Waals surface area contributed by atoms with E-state index in [0.29, 0.717) is 28.3 Å². The van der Waals surface area contributed by atoms with Crippen LogP contribution in [0, 0.1) is 11.2 Å². The van der Waals surface area contributed by atoms with Crippen LogP contribution < -0.4 is 14.2 Å². The van der Waals surface area contributed by atoms with Crippen LogP contribution in [-0.2, 0) is 12.0 Å². The number of rotatable bonds is 5. The monoisotopic (exact) mass is 505 g/mol. The molecule has 0 unspecified atom stereocenters. The van der Waals surface area contributed by atoms with Gasteiger partial charge in [-0.05, 0) is 46.9 Å². The van der Waals surface area contributed by atoms with Crippen molar-refractivity contribution in [3.8, 4) is 22.9 Å². The molecule has 37 heavy (non-hydrogen) atoms. The second-order valence-corrected chi connectivity index (χ2v) is 10.2. The molecule has 5 rings (SSSR count). The Hall–Kier alpha value is -4.14. The summed E-state index contributed by atoms with van der Waals surface area (Å²) in [5.41, 5.74) is 2.85. The molecule has 3 heterocycles. The number of ketones is 2. The number of amidine groups is 1. The molecule has 0 bridgehead atoms. The van der Waals surface area contributed by atoms with E-state index < -0.39 is 5.82 Å². The molecule has 0 spiro atoms. The minimum Gasteiger partial charge on any atom is -0.493 e. The predicted octanol–water partition coefficient (Wildman–Crippen LogP) is 4.53. The molecule has 0 saturated heterocycles. The van der Waals surface area contributed by atoms with E-state index >= 15 is 4.39 Å². The zero-order valence-corrected chi connectivity index (χ0v) is 21.4. The minimum absolute atomic E-state index is 0.0726. The Balaban J connectivity index is 1.46. The Bertz CT molecular complexity index is 1470. The second-order valence-electron chi connectivity index (χ2n) is 10.2. The van der Waals surface area contributed by atoms with E-state index in [-0.39, 0.29) is 59.6 Å². The molecule has 0 aliphatic carbocycles. The van der Waals surface area contributed by atoms with Crippen molar-refractivity contribution in [2.45, 2.75) is 32.7 Å². The molecule has 0 amide bonds. The molecule has 192 valence electrons. The highest BCUT2D eigenvalue weighted by molar-refractivity contribution is 6.06. The molecule has 2 aliphatic heterocycles. The molecule has 0 radical (unpaired) electrons. The average Bonchev–Trinajstić information content (AvgIpc) is 3.40. The van der Waals surface area contributed by atoms with Crippen LogP contribution in [0.15, 0.2) is 36.5 Å². The van der Waals surface area contributed by atoms with Gasteiger partial charge in [-0.3, -0.25) is 15.0 Å². The maximum Gasteiger partial charge on any atom is 0.217 e. The smallest absolute Gasteiger partial charge is 0.217 e. The zero-order chi connectivity index (χ0) is 26.6. The number of fused-ring (bicyclic) bond motifs is 4. The van der Waals surface area contributed by atoms with Crippen LogP contribution in [0.1, 0.15) is 58.3 Å². The van der Waals surface area contributed by atoms with E-state index in [1.165, 1.54) is 19.1 Å². The fourth-order valence-electron chi connectivity index (χ4n) is 4.96. The van der Waals surface area contributed by atoms with Gasteiger partial charge in [-0.15, -0.1) is 0 Å². The normalized spacial score (nSPS) is 14.5. The van der Waals surface area contributed by atoms with Gasteiger partial charge in [0.05, 0.1) is 37.7 Å². The largest absolute Gasteiger partial charge is 0.493 e.